The Labute approximate surface area is 160 Å². The maximum Gasteiger partial charge on any atom is 0.277 e. The molecular formula is C18H17ClN4O2S. The first-order valence-electron chi connectivity index (χ1n) is 8.04. The minimum atomic E-state index is -0.342. The third-order valence-corrected chi connectivity index (χ3v) is 4.79. The van der Waals surface area contributed by atoms with E-state index in [4.69, 9.17) is 16.0 Å². The van der Waals surface area contributed by atoms with Gasteiger partial charge in [0.2, 0.25) is 11.8 Å². The van der Waals surface area contributed by atoms with Gasteiger partial charge in [0.1, 0.15) is 0 Å². The minimum Gasteiger partial charge on any atom is -0.411 e. The number of pyridine rings is 1. The number of nitrogens with zero attached hydrogens (tertiary/aromatic N) is 3. The number of rotatable bonds is 7. The van der Waals surface area contributed by atoms with Crippen LogP contribution in [0.1, 0.15) is 12.5 Å². The molecule has 8 heteroatoms. The average Bonchev–Trinajstić information content (AvgIpc) is 3.12. The molecule has 1 atom stereocenters. The molecule has 0 spiro atoms. The molecule has 0 radical (unpaired) electrons. The predicted molar refractivity (Wildman–Crippen MR) is 101 cm³/mol. The molecule has 0 fully saturated rings. The fourth-order valence-corrected chi connectivity index (χ4v) is 3.03. The number of benzene rings is 1. The van der Waals surface area contributed by atoms with E-state index < -0.39 is 0 Å². The molecule has 1 aromatic carbocycles. The van der Waals surface area contributed by atoms with Crippen molar-refractivity contribution in [3.8, 4) is 11.5 Å². The van der Waals surface area contributed by atoms with Gasteiger partial charge >= 0.3 is 0 Å². The van der Waals surface area contributed by atoms with Crippen LogP contribution in [0.4, 0.5) is 0 Å². The van der Waals surface area contributed by atoms with Crippen LogP contribution in [-0.4, -0.2) is 32.9 Å². The molecule has 0 saturated carbocycles. The molecule has 0 bridgehead atoms. The zero-order valence-electron chi connectivity index (χ0n) is 14.1. The first-order valence-corrected chi connectivity index (χ1v) is 9.30. The standard InChI is InChI=1S/C18H17ClN4O2S/c1-12(16(24)21-11-6-13-2-4-15(19)5-3-13)26-18-23-22-17(25-18)14-7-9-20-10-8-14/h2-5,7-10,12H,6,11H2,1H3,(H,21,24)/t12-/m1/s1. The summed E-state index contributed by atoms with van der Waals surface area (Å²) in [7, 11) is 0. The first-order chi connectivity index (χ1) is 12.6. The van der Waals surface area contributed by atoms with Crippen LogP contribution in [0.25, 0.3) is 11.5 Å². The Morgan fingerprint density at radius 2 is 1.92 bits per heavy atom. The highest BCUT2D eigenvalue weighted by Crippen LogP contribution is 2.25. The summed E-state index contributed by atoms with van der Waals surface area (Å²) in [6.07, 6.45) is 4.05. The molecule has 6 nitrogen and oxygen atoms in total. The van der Waals surface area contributed by atoms with Crippen molar-refractivity contribution in [2.24, 2.45) is 0 Å². The molecule has 3 rings (SSSR count). The quantitative estimate of drug-likeness (QED) is 0.622. The largest absolute Gasteiger partial charge is 0.411 e. The molecule has 2 heterocycles. The highest BCUT2D eigenvalue weighted by Gasteiger charge is 2.18. The van der Waals surface area contributed by atoms with Gasteiger partial charge < -0.3 is 9.73 Å². The number of nitrogens with one attached hydrogen (secondary N) is 1. The van der Waals surface area contributed by atoms with Gasteiger partial charge in [-0.15, -0.1) is 10.2 Å². The molecule has 0 aliphatic carbocycles. The van der Waals surface area contributed by atoms with E-state index in [0.29, 0.717) is 22.7 Å². The summed E-state index contributed by atoms with van der Waals surface area (Å²) in [4.78, 5) is 16.2. The molecule has 3 aromatic rings. The second-order valence-electron chi connectivity index (χ2n) is 5.54. The second kappa shape index (κ2) is 8.82. The molecule has 0 unspecified atom stereocenters. The monoisotopic (exact) mass is 388 g/mol. The summed E-state index contributed by atoms with van der Waals surface area (Å²) in [6, 6.07) is 11.2. The van der Waals surface area contributed by atoms with E-state index in [0.717, 1.165) is 17.5 Å². The minimum absolute atomic E-state index is 0.0763. The van der Waals surface area contributed by atoms with Gasteiger partial charge in [0.05, 0.1) is 5.25 Å². The zero-order valence-corrected chi connectivity index (χ0v) is 15.6. The molecular weight excluding hydrogens is 372 g/mol. The van der Waals surface area contributed by atoms with Crippen LogP contribution in [0.3, 0.4) is 0 Å². The van der Waals surface area contributed by atoms with Gasteiger partial charge in [0.15, 0.2) is 0 Å². The number of aromatic nitrogens is 3. The Morgan fingerprint density at radius 1 is 1.19 bits per heavy atom. The summed E-state index contributed by atoms with van der Waals surface area (Å²) < 4.78 is 5.60. The van der Waals surface area contributed by atoms with E-state index in [1.54, 1.807) is 31.5 Å². The van der Waals surface area contributed by atoms with Gasteiger partial charge in [-0.2, -0.15) is 0 Å². The average molecular weight is 389 g/mol. The summed E-state index contributed by atoms with van der Waals surface area (Å²) in [5.41, 5.74) is 1.91. The summed E-state index contributed by atoms with van der Waals surface area (Å²) >= 11 is 7.09. The van der Waals surface area contributed by atoms with Crippen molar-refractivity contribution in [2.75, 3.05) is 6.54 Å². The van der Waals surface area contributed by atoms with E-state index >= 15 is 0 Å². The second-order valence-corrected chi connectivity index (χ2v) is 7.27. The number of hydrogen-bond acceptors (Lipinski definition) is 6. The summed E-state index contributed by atoms with van der Waals surface area (Å²) in [5, 5.41) is 11.6. The van der Waals surface area contributed by atoms with E-state index in [1.165, 1.54) is 11.8 Å². The Morgan fingerprint density at radius 3 is 2.65 bits per heavy atom. The van der Waals surface area contributed by atoms with Crippen LogP contribution >= 0.6 is 23.4 Å². The van der Waals surface area contributed by atoms with Crippen molar-refractivity contribution < 1.29 is 9.21 Å². The maximum absolute atomic E-state index is 12.2. The third kappa shape index (κ3) is 5.06. The first kappa shape index (κ1) is 18.4. The van der Waals surface area contributed by atoms with Crippen molar-refractivity contribution in [3.63, 3.8) is 0 Å². The Kier molecular flexibility index (Phi) is 6.25. The van der Waals surface area contributed by atoms with E-state index in [2.05, 4.69) is 20.5 Å². The van der Waals surface area contributed by atoms with Crippen molar-refractivity contribution in [1.29, 1.82) is 0 Å². The number of halogens is 1. The maximum atomic E-state index is 12.2. The van der Waals surface area contributed by atoms with Gasteiger partial charge in [-0.25, -0.2) is 0 Å². The number of carbonyl (C=O) groups is 1. The predicted octanol–water partition coefficient (Wildman–Crippen LogP) is 3.62. The topological polar surface area (TPSA) is 80.9 Å². The van der Waals surface area contributed by atoms with Crippen molar-refractivity contribution in [3.05, 3.63) is 59.4 Å². The number of amides is 1. The smallest absolute Gasteiger partial charge is 0.277 e. The van der Waals surface area contributed by atoms with E-state index in [1.807, 2.05) is 24.3 Å². The lowest BCUT2D eigenvalue weighted by Crippen LogP contribution is -2.32. The highest BCUT2D eigenvalue weighted by molar-refractivity contribution is 8.00. The van der Waals surface area contributed by atoms with E-state index in [9.17, 15) is 4.79 Å². The van der Waals surface area contributed by atoms with Gasteiger partial charge in [-0.3, -0.25) is 9.78 Å². The highest BCUT2D eigenvalue weighted by atomic mass is 35.5. The number of thioether (sulfide) groups is 1. The lowest BCUT2D eigenvalue weighted by molar-refractivity contribution is -0.120. The van der Waals surface area contributed by atoms with Crippen LogP contribution in [0.15, 0.2) is 58.4 Å². The lowest BCUT2D eigenvalue weighted by Gasteiger charge is -2.09. The molecule has 1 N–H and O–H groups in total. The number of hydrogen-bond donors (Lipinski definition) is 1. The van der Waals surface area contributed by atoms with Crippen LogP contribution in [0, 0.1) is 0 Å². The SMILES string of the molecule is C[C@@H](Sc1nnc(-c2ccncc2)o1)C(=O)NCCc1ccc(Cl)cc1. The molecule has 0 saturated heterocycles. The van der Waals surface area contributed by atoms with Gasteiger partial charge in [-0.05, 0) is 43.2 Å². The summed E-state index contributed by atoms with van der Waals surface area (Å²) in [5.74, 6) is 0.331. The lowest BCUT2D eigenvalue weighted by atomic mass is 10.1. The van der Waals surface area contributed by atoms with Gasteiger partial charge in [-0.1, -0.05) is 35.5 Å². The Balaban J connectivity index is 1.48. The molecule has 1 amide bonds. The van der Waals surface area contributed by atoms with Crippen LogP contribution in [0.5, 0.6) is 0 Å². The zero-order chi connectivity index (χ0) is 18.4. The third-order valence-electron chi connectivity index (χ3n) is 3.61. The Hall–Kier alpha value is -2.38. The van der Waals surface area contributed by atoms with Crippen LogP contribution < -0.4 is 5.32 Å². The molecule has 2 aromatic heterocycles. The summed E-state index contributed by atoms with van der Waals surface area (Å²) in [6.45, 7) is 2.36. The van der Waals surface area contributed by atoms with Crippen molar-refractivity contribution in [2.45, 2.75) is 23.8 Å². The van der Waals surface area contributed by atoms with Crippen molar-refractivity contribution in [1.82, 2.24) is 20.5 Å². The molecule has 26 heavy (non-hydrogen) atoms. The molecule has 134 valence electrons. The van der Waals surface area contributed by atoms with Gasteiger partial charge in [0, 0.05) is 29.5 Å². The Bertz CT molecular complexity index is 855. The van der Waals surface area contributed by atoms with Gasteiger partial charge in [0.25, 0.3) is 5.22 Å². The number of carbonyl (C=O) groups excluding carboxylic acids is 1. The van der Waals surface area contributed by atoms with Crippen LogP contribution in [-0.2, 0) is 11.2 Å². The fourth-order valence-electron chi connectivity index (χ4n) is 2.20. The fraction of sp³-hybridized carbons (Fsp3) is 0.222. The van der Waals surface area contributed by atoms with E-state index in [-0.39, 0.29) is 11.2 Å². The normalized spacial score (nSPS) is 11.9. The molecule has 0 aliphatic rings. The molecule has 0 aliphatic heterocycles. The van der Waals surface area contributed by atoms with Crippen molar-refractivity contribution >= 4 is 29.3 Å². The van der Waals surface area contributed by atoms with Crippen LogP contribution in [0.2, 0.25) is 5.02 Å².